The Labute approximate surface area is 345 Å². The molecule has 13 rings (SSSR count). The van der Waals surface area contributed by atoms with Crippen LogP contribution in [0.5, 0.6) is 0 Å². The molecule has 0 spiro atoms. The molecule has 0 atom stereocenters. The lowest BCUT2D eigenvalue weighted by molar-refractivity contribution is 1.08. The number of para-hydroxylation sites is 7. The van der Waals surface area contributed by atoms with Crippen LogP contribution in [0.3, 0.4) is 0 Å². The third-order valence-electron chi connectivity index (χ3n) is 12.6. The summed E-state index contributed by atoms with van der Waals surface area (Å²) in [6, 6.07) is 77.5. The molecule has 0 aliphatic rings. The van der Waals surface area contributed by atoms with Crippen molar-refractivity contribution >= 4 is 76.3 Å². The molecule has 60 heavy (non-hydrogen) atoms. The van der Waals surface area contributed by atoms with Crippen LogP contribution in [0.2, 0.25) is 0 Å². The SMILES string of the molecule is c1ccc2c(c1)c(-c1ccc(-n3c4ccccc4c4ccccc43)cc1)cn2-c1cc(-n2c3ccccc3c3ccccc32)cc(-n2c3ccccc3c3ccccc32)c1. The van der Waals surface area contributed by atoms with Gasteiger partial charge in [0.05, 0.1) is 50.0 Å². The van der Waals surface area contributed by atoms with Crippen molar-refractivity contribution < 1.29 is 0 Å². The van der Waals surface area contributed by atoms with Gasteiger partial charge in [0.25, 0.3) is 0 Å². The summed E-state index contributed by atoms with van der Waals surface area (Å²) in [5.41, 5.74) is 15.2. The molecule has 4 heterocycles. The highest BCUT2D eigenvalue weighted by atomic mass is 15.0. The number of fused-ring (bicyclic) bond motifs is 10. The topological polar surface area (TPSA) is 19.7 Å². The van der Waals surface area contributed by atoms with Crippen molar-refractivity contribution in [2.24, 2.45) is 0 Å². The predicted octanol–water partition coefficient (Wildman–Crippen LogP) is 14.6. The van der Waals surface area contributed by atoms with E-state index in [2.05, 4.69) is 237 Å². The minimum atomic E-state index is 1.09. The second-order valence-corrected chi connectivity index (χ2v) is 15.8. The zero-order valence-corrected chi connectivity index (χ0v) is 32.6. The first-order valence-corrected chi connectivity index (χ1v) is 20.6. The van der Waals surface area contributed by atoms with E-state index in [9.17, 15) is 0 Å². The van der Waals surface area contributed by atoms with E-state index in [0.29, 0.717) is 0 Å². The maximum absolute atomic E-state index is 2.44. The number of aromatic nitrogens is 4. The Bertz CT molecular complexity index is 3540. The molecule has 0 saturated carbocycles. The second-order valence-electron chi connectivity index (χ2n) is 15.8. The summed E-state index contributed by atoms with van der Waals surface area (Å²) >= 11 is 0. The molecule has 4 nitrogen and oxygen atoms in total. The van der Waals surface area contributed by atoms with Gasteiger partial charge in [0.15, 0.2) is 0 Å². The zero-order chi connectivity index (χ0) is 39.3. The molecular formula is C56H36N4. The Morgan fingerprint density at radius 2 is 0.533 bits per heavy atom. The fraction of sp³-hybridized carbons (Fsp3) is 0. The van der Waals surface area contributed by atoms with Gasteiger partial charge in [-0.2, -0.15) is 0 Å². The molecule has 4 aromatic heterocycles. The van der Waals surface area contributed by atoms with E-state index in [1.54, 1.807) is 0 Å². The summed E-state index contributed by atoms with van der Waals surface area (Å²) in [7, 11) is 0. The van der Waals surface area contributed by atoms with Crippen LogP contribution in [0, 0.1) is 0 Å². The van der Waals surface area contributed by atoms with Gasteiger partial charge in [-0.25, -0.2) is 0 Å². The van der Waals surface area contributed by atoms with Crippen LogP contribution in [0.1, 0.15) is 0 Å². The summed E-state index contributed by atoms with van der Waals surface area (Å²) in [4.78, 5) is 0. The van der Waals surface area contributed by atoms with Gasteiger partial charge in [0.2, 0.25) is 0 Å². The number of nitrogens with zero attached hydrogens (tertiary/aromatic N) is 4. The van der Waals surface area contributed by atoms with Crippen LogP contribution in [0.25, 0.3) is 110 Å². The normalized spacial score (nSPS) is 12.0. The van der Waals surface area contributed by atoms with E-state index in [4.69, 9.17) is 0 Å². The molecule has 13 aromatic rings. The zero-order valence-electron chi connectivity index (χ0n) is 32.6. The average Bonchev–Trinajstić information content (AvgIpc) is 4.06. The van der Waals surface area contributed by atoms with Crippen molar-refractivity contribution in [2.45, 2.75) is 0 Å². The summed E-state index contributed by atoms with van der Waals surface area (Å²) in [5, 5.41) is 8.73. The first-order valence-electron chi connectivity index (χ1n) is 20.6. The Morgan fingerprint density at radius 3 is 0.917 bits per heavy atom. The fourth-order valence-electron chi connectivity index (χ4n) is 9.99. The van der Waals surface area contributed by atoms with Gasteiger partial charge in [0.1, 0.15) is 0 Å². The standard InChI is InChI=1S/C56H36N4/c1-8-22-50-48(21-1)49(37-29-31-38(32-30-37)58-51-23-9-2-15-42(51)43-16-3-10-24-52(43)58)36-57(50)39-33-40(59-53-25-11-4-17-44(53)45-18-5-12-26-54(45)59)35-41(34-39)60-55-27-13-6-19-46(55)47-20-7-14-28-56(47)60/h1-36H. The number of hydrogen-bond donors (Lipinski definition) is 0. The largest absolute Gasteiger partial charge is 0.316 e. The first kappa shape index (κ1) is 32.9. The number of rotatable bonds is 5. The minimum Gasteiger partial charge on any atom is -0.316 e. The molecule has 0 saturated heterocycles. The van der Waals surface area contributed by atoms with Crippen LogP contribution in [-0.2, 0) is 0 Å². The van der Waals surface area contributed by atoms with E-state index in [0.717, 1.165) is 28.3 Å². The van der Waals surface area contributed by atoms with Crippen LogP contribution in [-0.4, -0.2) is 18.3 Å². The smallest absolute Gasteiger partial charge is 0.0541 e. The summed E-state index contributed by atoms with van der Waals surface area (Å²) in [6.07, 6.45) is 2.33. The number of hydrogen-bond acceptors (Lipinski definition) is 0. The van der Waals surface area contributed by atoms with E-state index in [1.807, 2.05) is 0 Å². The van der Waals surface area contributed by atoms with Crippen LogP contribution < -0.4 is 0 Å². The van der Waals surface area contributed by atoms with Gasteiger partial charge in [-0.05, 0) is 78.4 Å². The van der Waals surface area contributed by atoms with Crippen molar-refractivity contribution in [1.82, 2.24) is 18.3 Å². The van der Waals surface area contributed by atoms with Gasteiger partial charge >= 0.3 is 0 Å². The lowest BCUT2D eigenvalue weighted by Crippen LogP contribution is -2.02. The summed E-state index contributed by atoms with van der Waals surface area (Å²) in [5.74, 6) is 0. The molecule has 280 valence electrons. The second kappa shape index (κ2) is 12.7. The molecule has 0 amide bonds. The lowest BCUT2D eigenvalue weighted by atomic mass is 10.0. The van der Waals surface area contributed by atoms with E-state index in [-0.39, 0.29) is 0 Å². The maximum Gasteiger partial charge on any atom is 0.0541 e. The molecule has 0 aliphatic carbocycles. The van der Waals surface area contributed by atoms with Gasteiger partial charge in [-0.3, -0.25) is 0 Å². The monoisotopic (exact) mass is 764 g/mol. The average molecular weight is 765 g/mol. The maximum atomic E-state index is 2.44. The quantitative estimate of drug-likeness (QED) is 0.166. The summed E-state index contributed by atoms with van der Waals surface area (Å²) in [6.45, 7) is 0. The van der Waals surface area contributed by atoms with Crippen molar-refractivity contribution in [3.8, 4) is 33.9 Å². The predicted molar refractivity (Wildman–Crippen MR) is 252 cm³/mol. The van der Waals surface area contributed by atoms with Crippen molar-refractivity contribution in [1.29, 1.82) is 0 Å². The highest BCUT2D eigenvalue weighted by Gasteiger charge is 2.19. The van der Waals surface area contributed by atoms with Gasteiger partial charge in [0, 0.05) is 60.8 Å². The highest BCUT2D eigenvalue weighted by molar-refractivity contribution is 6.11. The Kier molecular flexibility index (Phi) is 6.98. The number of benzene rings is 9. The lowest BCUT2D eigenvalue weighted by Gasteiger charge is -2.16. The fourth-order valence-corrected chi connectivity index (χ4v) is 9.99. The third kappa shape index (κ3) is 4.73. The van der Waals surface area contributed by atoms with Crippen molar-refractivity contribution in [3.05, 3.63) is 219 Å². The summed E-state index contributed by atoms with van der Waals surface area (Å²) < 4.78 is 9.64. The molecule has 0 bridgehead atoms. The molecule has 9 aromatic carbocycles. The van der Waals surface area contributed by atoms with Crippen LogP contribution in [0.15, 0.2) is 219 Å². The molecular weight excluding hydrogens is 729 g/mol. The first-order chi connectivity index (χ1) is 29.8. The Balaban J connectivity index is 1.04. The molecule has 0 N–H and O–H groups in total. The van der Waals surface area contributed by atoms with E-state index < -0.39 is 0 Å². The van der Waals surface area contributed by atoms with E-state index in [1.165, 1.54) is 81.9 Å². The molecule has 4 heteroatoms. The van der Waals surface area contributed by atoms with E-state index >= 15 is 0 Å². The van der Waals surface area contributed by atoms with Crippen LogP contribution in [0.4, 0.5) is 0 Å². The Morgan fingerprint density at radius 1 is 0.233 bits per heavy atom. The van der Waals surface area contributed by atoms with Gasteiger partial charge < -0.3 is 18.3 Å². The molecule has 0 fully saturated rings. The third-order valence-corrected chi connectivity index (χ3v) is 12.6. The Hall–Kier alpha value is -8.08. The van der Waals surface area contributed by atoms with Crippen molar-refractivity contribution in [2.75, 3.05) is 0 Å². The van der Waals surface area contributed by atoms with Crippen LogP contribution >= 0.6 is 0 Å². The van der Waals surface area contributed by atoms with Gasteiger partial charge in [-0.1, -0.05) is 140 Å². The highest BCUT2D eigenvalue weighted by Crippen LogP contribution is 2.40. The van der Waals surface area contributed by atoms with Crippen molar-refractivity contribution in [3.63, 3.8) is 0 Å². The minimum absolute atomic E-state index is 1.09. The molecule has 0 radical (unpaired) electrons. The molecule has 0 aliphatic heterocycles. The molecule has 0 unspecified atom stereocenters. The van der Waals surface area contributed by atoms with Gasteiger partial charge in [-0.15, -0.1) is 0 Å².